The molecule has 6 heteroatoms. The van der Waals surface area contributed by atoms with Crippen LogP contribution in [0.2, 0.25) is 0 Å². The Kier molecular flexibility index (Phi) is 3.88. The van der Waals surface area contributed by atoms with E-state index in [4.69, 9.17) is 9.47 Å². The second kappa shape index (κ2) is 5.81. The number of benzene rings is 1. The van der Waals surface area contributed by atoms with Crippen molar-refractivity contribution in [1.29, 1.82) is 0 Å². The standard InChI is InChI=1S/C15H15NO4S/c1-19-11-4-2-10(3-5-11)9-20-15(18)12-6-7-21-14-8-13(17)16(12)14/h2-6,14H,7-9H2,1H3. The molecule has 1 unspecified atom stereocenters. The highest BCUT2D eigenvalue weighted by Crippen LogP contribution is 2.37. The summed E-state index contributed by atoms with van der Waals surface area (Å²) in [5, 5.41) is 0.103. The van der Waals surface area contributed by atoms with Gasteiger partial charge >= 0.3 is 5.97 Å². The van der Waals surface area contributed by atoms with Crippen LogP contribution in [0.25, 0.3) is 0 Å². The molecule has 110 valence electrons. The third kappa shape index (κ3) is 2.76. The van der Waals surface area contributed by atoms with Crippen molar-refractivity contribution in [3.63, 3.8) is 0 Å². The first-order chi connectivity index (χ1) is 10.2. The van der Waals surface area contributed by atoms with Crippen LogP contribution in [0.15, 0.2) is 36.0 Å². The number of thioether (sulfide) groups is 1. The minimum atomic E-state index is -0.441. The Labute approximate surface area is 126 Å². The number of ether oxygens (including phenoxy) is 2. The normalized spacial score (nSPS) is 20.2. The van der Waals surface area contributed by atoms with Gasteiger partial charge in [0.15, 0.2) is 0 Å². The lowest BCUT2D eigenvalue weighted by molar-refractivity contribution is -0.150. The van der Waals surface area contributed by atoms with Crippen LogP contribution in [0.5, 0.6) is 5.75 Å². The highest BCUT2D eigenvalue weighted by molar-refractivity contribution is 8.00. The number of hydrogen-bond acceptors (Lipinski definition) is 5. The van der Waals surface area contributed by atoms with Gasteiger partial charge in [-0.25, -0.2) is 4.79 Å². The number of β-lactam (4-membered cyclic amide) rings is 1. The topological polar surface area (TPSA) is 55.8 Å². The van der Waals surface area contributed by atoms with Gasteiger partial charge in [-0.3, -0.25) is 9.69 Å². The number of methoxy groups -OCH3 is 1. The molecule has 2 heterocycles. The summed E-state index contributed by atoms with van der Waals surface area (Å²) in [5.41, 5.74) is 1.25. The van der Waals surface area contributed by atoms with Gasteiger partial charge in [-0.2, -0.15) is 0 Å². The van der Waals surface area contributed by atoms with Gasteiger partial charge < -0.3 is 9.47 Å². The lowest BCUT2D eigenvalue weighted by atomic mass is 10.1. The summed E-state index contributed by atoms with van der Waals surface area (Å²) in [6.45, 7) is 0.181. The molecule has 0 aliphatic carbocycles. The van der Waals surface area contributed by atoms with E-state index in [0.717, 1.165) is 17.1 Å². The molecule has 1 atom stereocenters. The third-order valence-electron chi connectivity index (χ3n) is 3.47. The average Bonchev–Trinajstić information content (AvgIpc) is 2.51. The second-order valence-electron chi connectivity index (χ2n) is 4.77. The Hall–Kier alpha value is -1.95. The largest absolute Gasteiger partial charge is 0.497 e. The summed E-state index contributed by atoms with van der Waals surface area (Å²) in [5.74, 6) is 1.04. The fraction of sp³-hybridized carbons (Fsp3) is 0.333. The van der Waals surface area contributed by atoms with Gasteiger partial charge in [0.2, 0.25) is 5.91 Å². The van der Waals surface area contributed by atoms with Gasteiger partial charge in [-0.05, 0) is 23.8 Å². The molecule has 1 saturated heterocycles. The van der Waals surface area contributed by atoms with E-state index in [1.54, 1.807) is 24.9 Å². The molecule has 1 amide bonds. The van der Waals surface area contributed by atoms with Crippen molar-refractivity contribution in [2.45, 2.75) is 18.4 Å². The zero-order valence-corrected chi connectivity index (χ0v) is 12.4. The number of carbonyl (C=O) groups excluding carboxylic acids is 2. The maximum Gasteiger partial charge on any atom is 0.355 e. The van der Waals surface area contributed by atoms with Gasteiger partial charge in [0.25, 0.3) is 0 Å². The Balaban J connectivity index is 1.61. The van der Waals surface area contributed by atoms with E-state index < -0.39 is 5.97 Å². The van der Waals surface area contributed by atoms with E-state index in [-0.39, 0.29) is 17.9 Å². The third-order valence-corrected chi connectivity index (χ3v) is 4.59. The number of hydrogen-bond donors (Lipinski definition) is 0. The first-order valence-corrected chi connectivity index (χ1v) is 7.68. The van der Waals surface area contributed by atoms with Crippen molar-refractivity contribution in [3.05, 3.63) is 41.6 Å². The molecule has 0 spiro atoms. The SMILES string of the molecule is COc1ccc(COC(=O)C2=CCSC3CC(=O)N23)cc1. The molecular formula is C15H15NO4S. The Morgan fingerprint density at radius 1 is 1.38 bits per heavy atom. The van der Waals surface area contributed by atoms with Gasteiger partial charge in [-0.15, -0.1) is 11.8 Å². The van der Waals surface area contributed by atoms with Crippen LogP contribution in [-0.2, 0) is 20.9 Å². The van der Waals surface area contributed by atoms with Crippen LogP contribution >= 0.6 is 11.8 Å². The van der Waals surface area contributed by atoms with E-state index in [1.165, 1.54) is 4.90 Å². The van der Waals surface area contributed by atoms with Crippen LogP contribution in [0.1, 0.15) is 12.0 Å². The van der Waals surface area contributed by atoms with E-state index in [1.807, 2.05) is 24.3 Å². The highest BCUT2D eigenvalue weighted by Gasteiger charge is 2.43. The average molecular weight is 305 g/mol. The van der Waals surface area contributed by atoms with E-state index in [0.29, 0.717) is 12.1 Å². The molecule has 3 rings (SSSR count). The highest BCUT2D eigenvalue weighted by atomic mass is 32.2. The van der Waals surface area contributed by atoms with E-state index in [9.17, 15) is 9.59 Å². The molecule has 1 aromatic rings. The minimum Gasteiger partial charge on any atom is -0.497 e. The molecule has 0 radical (unpaired) electrons. The zero-order chi connectivity index (χ0) is 14.8. The Morgan fingerprint density at radius 3 is 2.81 bits per heavy atom. The monoisotopic (exact) mass is 305 g/mol. The van der Waals surface area contributed by atoms with Gasteiger partial charge in [0.1, 0.15) is 18.1 Å². The molecule has 5 nitrogen and oxygen atoms in total. The van der Waals surface area contributed by atoms with Gasteiger partial charge in [-0.1, -0.05) is 12.1 Å². The fourth-order valence-electron chi connectivity index (χ4n) is 2.27. The minimum absolute atomic E-state index is 0.0140. The maximum absolute atomic E-state index is 12.1. The molecule has 0 saturated carbocycles. The Morgan fingerprint density at radius 2 is 2.14 bits per heavy atom. The van der Waals surface area contributed by atoms with Crippen LogP contribution in [0.3, 0.4) is 0 Å². The lowest BCUT2D eigenvalue weighted by Gasteiger charge is -2.42. The lowest BCUT2D eigenvalue weighted by Crippen LogP contribution is -2.53. The smallest absolute Gasteiger partial charge is 0.355 e. The Bertz CT molecular complexity index is 596. The molecule has 0 aromatic heterocycles. The molecule has 21 heavy (non-hydrogen) atoms. The van der Waals surface area contributed by atoms with Gasteiger partial charge in [0.05, 0.1) is 18.9 Å². The van der Waals surface area contributed by atoms with Crippen molar-refractivity contribution in [2.24, 2.45) is 0 Å². The number of fused-ring (bicyclic) bond motifs is 1. The second-order valence-corrected chi connectivity index (χ2v) is 5.98. The number of carbonyl (C=O) groups is 2. The summed E-state index contributed by atoms with van der Waals surface area (Å²) < 4.78 is 10.4. The number of rotatable bonds is 4. The quantitative estimate of drug-likeness (QED) is 0.628. The van der Waals surface area contributed by atoms with Crippen molar-refractivity contribution in [1.82, 2.24) is 4.90 Å². The number of amides is 1. The van der Waals surface area contributed by atoms with Crippen molar-refractivity contribution < 1.29 is 19.1 Å². The molecular weight excluding hydrogens is 290 g/mol. The summed E-state index contributed by atoms with van der Waals surface area (Å²) >= 11 is 1.66. The molecule has 1 aromatic carbocycles. The van der Waals surface area contributed by atoms with Crippen LogP contribution in [0, 0.1) is 0 Å². The van der Waals surface area contributed by atoms with Gasteiger partial charge in [0, 0.05) is 5.75 Å². The van der Waals surface area contributed by atoms with Crippen LogP contribution in [-0.4, -0.2) is 35.0 Å². The zero-order valence-electron chi connectivity index (χ0n) is 11.6. The molecule has 2 aliphatic rings. The summed E-state index contributed by atoms with van der Waals surface area (Å²) in [6, 6.07) is 7.31. The van der Waals surface area contributed by atoms with Crippen LogP contribution in [0.4, 0.5) is 0 Å². The first kappa shape index (κ1) is 14.0. The van der Waals surface area contributed by atoms with E-state index in [2.05, 4.69) is 0 Å². The fourth-order valence-corrected chi connectivity index (χ4v) is 3.39. The van der Waals surface area contributed by atoms with Crippen molar-refractivity contribution in [3.8, 4) is 5.75 Å². The predicted molar refractivity (Wildman–Crippen MR) is 78.6 cm³/mol. The molecule has 0 bridgehead atoms. The van der Waals surface area contributed by atoms with Crippen LogP contribution < -0.4 is 4.74 Å². The molecule has 1 fully saturated rings. The summed E-state index contributed by atoms with van der Waals surface area (Å²) in [7, 11) is 1.60. The number of esters is 1. The van der Waals surface area contributed by atoms with Crippen molar-refractivity contribution in [2.75, 3.05) is 12.9 Å². The van der Waals surface area contributed by atoms with E-state index >= 15 is 0 Å². The molecule has 0 N–H and O–H groups in total. The first-order valence-electron chi connectivity index (χ1n) is 6.63. The summed E-state index contributed by atoms with van der Waals surface area (Å²) in [4.78, 5) is 25.2. The maximum atomic E-state index is 12.1. The summed E-state index contributed by atoms with van der Waals surface area (Å²) in [6.07, 6.45) is 2.27. The van der Waals surface area contributed by atoms with Crippen molar-refractivity contribution >= 4 is 23.6 Å². The predicted octanol–water partition coefficient (Wildman–Crippen LogP) is 1.93. The molecule has 2 aliphatic heterocycles. The number of nitrogens with zero attached hydrogens (tertiary/aromatic N) is 1.